The molecule has 2 atom stereocenters. The first-order chi connectivity index (χ1) is 18.0. The van der Waals surface area contributed by atoms with E-state index in [9.17, 15) is 19.2 Å². The van der Waals surface area contributed by atoms with Gasteiger partial charge in [0, 0.05) is 12.5 Å². The Hall–Kier alpha value is -3.88. The predicted molar refractivity (Wildman–Crippen MR) is 142 cm³/mol. The van der Waals surface area contributed by atoms with Crippen molar-refractivity contribution in [2.24, 2.45) is 0 Å². The van der Waals surface area contributed by atoms with Crippen molar-refractivity contribution in [2.45, 2.75) is 70.7 Å². The molecular weight excluding hydrogens is 486 g/mol. The third-order valence-corrected chi connectivity index (χ3v) is 6.11. The summed E-state index contributed by atoms with van der Waals surface area (Å²) >= 11 is 0. The van der Waals surface area contributed by atoms with Gasteiger partial charge >= 0.3 is 12.1 Å². The molecule has 0 aliphatic heterocycles. The Morgan fingerprint density at radius 3 is 2.21 bits per heavy atom. The maximum atomic E-state index is 14.2. The van der Waals surface area contributed by atoms with E-state index in [1.807, 2.05) is 49.4 Å². The maximum Gasteiger partial charge on any atom is 0.408 e. The lowest BCUT2D eigenvalue weighted by atomic mass is 9.97. The van der Waals surface area contributed by atoms with Crippen LogP contribution in [0.2, 0.25) is 0 Å². The smallest absolute Gasteiger partial charge is 0.408 e. The molecule has 0 saturated heterocycles. The van der Waals surface area contributed by atoms with Crippen LogP contribution in [-0.4, -0.2) is 60.1 Å². The predicted octanol–water partition coefficient (Wildman–Crippen LogP) is 3.45. The Balaban J connectivity index is 1.99. The molecule has 0 bridgehead atoms. The molecule has 204 valence electrons. The number of nitrogens with zero attached hydrogens (tertiary/aromatic N) is 1. The number of nitrogens with one attached hydrogen (secondary N) is 2. The van der Waals surface area contributed by atoms with E-state index in [1.165, 1.54) is 7.11 Å². The molecule has 9 nitrogen and oxygen atoms in total. The number of benzene rings is 2. The van der Waals surface area contributed by atoms with Gasteiger partial charge in [0.1, 0.15) is 24.2 Å². The zero-order chi connectivity index (χ0) is 27.9. The average molecular weight is 524 g/mol. The lowest BCUT2D eigenvalue weighted by Crippen LogP contribution is -2.54. The van der Waals surface area contributed by atoms with Crippen molar-refractivity contribution in [1.82, 2.24) is 15.5 Å². The molecular formula is C29H37N3O6. The van der Waals surface area contributed by atoms with Crippen molar-refractivity contribution >= 4 is 23.9 Å². The van der Waals surface area contributed by atoms with E-state index in [-0.39, 0.29) is 19.0 Å². The number of carbonyl (C=O) groups is 4. The summed E-state index contributed by atoms with van der Waals surface area (Å²) < 4.78 is 10.1. The monoisotopic (exact) mass is 523 g/mol. The number of rotatable bonds is 10. The van der Waals surface area contributed by atoms with E-state index < -0.39 is 41.6 Å². The average Bonchev–Trinajstić information content (AvgIpc) is 3.70. The van der Waals surface area contributed by atoms with E-state index in [0.717, 1.165) is 24.0 Å². The highest BCUT2D eigenvalue weighted by atomic mass is 16.6. The lowest BCUT2D eigenvalue weighted by Gasteiger charge is -2.35. The minimum atomic E-state index is -1.00. The van der Waals surface area contributed by atoms with Crippen LogP contribution in [0.1, 0.15) is 56.3 Å². The van der Waals surface area contributed by atoms with Crippen molar-refractivity contribution in [1.29, 1.82) is 0 Å². The Morgan fingerprint density at radius 2 is 1.63 bits per heavy atom. The van der Waals surface area contributed by atoms with Gasteiger partial charge in [-0.15, -0.1) is 0 Å². The Labute approximate surface area is 223 Å². The van der Waals surface area contributed by atoms with Crippen molar-refractivity contribution < 1.29 is 28.7 Å². The van der Waals surface area contributed by atoms with Crippen LogP contribution in [0.3, 0.4) is 0 Å². The van der Waals surface area contributed by atoms with Crippen molar-refractivity contribution in [3.8, 4) is 0 Å². The first-order valence-corrected chi connectivity index (χ1v) is 12.8. The molecule has 0 radical (unpaired) electrons. The summed E-state index contributed by atoms with van der Waals surface area (Å²) in [6.45, 7) is 6.78. The molecule has 2 aromatic carbocycles. The van der Waals surface area contributed by atoms with Crippen molar-refractivity contribution in [3.05, 3.63) is 71.3 Å². The molecule has 1 aliphatic carbocycles. The Morgan fingerprint density at radius 1 is 1.00 bits per heavy atom. The van der Waals surface area contributed by atoms with Crippen LogP contribution in [0.25, 0.3) is 0 Å². The fourth-order valence-corrected chi connectivity index (χ4v) is 4.19. The summed E-state index contributed by atoms with van der Waals surface area (Å²) in [5.41, 5.74) is 1.56. The SMILES string of the molecule is COC(=O)CNC(=O)C(c1ccccc1C)N(C(=O)C(Cc1ccccc1)NC(=O)OC(C)(C)C)C1CC1. The van der Waals surface area contributed by atoms with Gasteiger partial charge in [-0.05, 0) is 57.2 Å². The molecule has 0 aromatic heterocycles. The van der Waals surface area contributed by atoms with Gasteiger partial charge in [0.15, 0.2) is 0 Å². The number of carbonyl (C=O) groups excluding carboxylic acids is 4. The lowest BCUT2D eigenvalue weighted by molar-refractivity contribution is -0.145. The van der Waals surface area contributed by atoms with Crippen molar-refractivity contribution in [3.63, 3.8) is 0 Å². The quantitative estimate of drug-likeness (QED) is 0.461. The second-order valence-corrected chi connectivity index (χ2v) is 10.4. The van der Waals surface area contributed by atoms with Gasteiger partial charge in [0.25, 0.3) is 0 Å². The summed E-state index contributed by atoms with van der Waals surface area (Å²) in [5, 5.41) is 5.36. The zero-order valence-corrected chi connectivity index (χ0v) is 22.7. The van der Waals surface area contributed by atoms with E-state index in [1.54, 1.807) is 37.8 Å². The highest BCUT2D eigenvalue weighted by molar-refractivity contribution is 5.94. The minimum Gasteiger partial charge on any atom is -0.468 e. The van der Waals surface area contributed by atoms with Gasteiger partial charge < -0.3 is 25.0 Å². The first-order valence-electron chi connectivity index (χ1n) is 12.8. The number of methoxy groups -OCH3 is 1. The zero-order valence-electron chi connectivity index (χ0n) is 22.7. The molecule has 0 heterocycles. The number of hydrogen-bond donors (Lipinski definition) is 2. The van der Waals surface area contributed by atoms with Crippen LogP contribution in [0.5, 0.6) is 0 Å². The Kier molecular flexibility index (Phi) is 9.50. The third kappa shape index (κ3) is 8.06. The molecule has 2 unspecified atom stereocenters. The molecule has 3 rings (SSSR count). The van der Waals surface area contributed by atoms with Gasteiger partial charge in [0.2, 0.25) is 11.8 Å². The van der Waals surface area contributed by atoms with Gasteiger partial charge in [-0.3, -0.25) is 14.4 Å². The van der Waals surface area contributed by atoms with Gasteiger partial charge in [0.05, 0.1) is 7.11 Å². The fraction of sp³-hybridized carbons (Fsp3) is 0.448. The molecule has 1 aliphatic rings. The fourth-order valence-electron chi connectivity index (χ4n) is 4.19. The van der Waals surface area contributed by atoms with Gasteiger partial charge in [-0.2, -0.15) is 0 Å². The molecule has 2 aromatic rings. The van der Waals surface area contributed by atoms with Crippen LogP contribution in [0.4, 0.5) is 4.79 Å². The van der Waals surface area contributed by atoms with E-state index in [4.69, 9.17) is 4.74 Å². The topological polar surface area (TPSA) is 114 Å². The number of ether oxygens (including phenoxy) is 2. The van der Waals surface area contributed by atoms with Crippen LogP contribution in [0.15, 0.2) is 54.6 Å². The standard InChI is InChI=1S/C29H37N3O6/c1-19-11-9-10-14-22(19)25(26(34)30-18-24(33)37-5)32(21-15-16-21)27(35)23(17-20-12-7-6-8-13-20)31-28(36)38-29(2,3)4/h6-14,21,23,25H,15-18H2,1-5H3,(H,30,34)(H,31,36). The second kappa shape index (κ2) is 12.6. The molecule has 1 fully saturated rings. The summed E-state index contributed by atoms with van der Waals surface area (Å²) in [6, 6.07) is 14.5. The van der Waals surface area contributed by atoms with Gasteiger partial charge in [-0.25, -0.2) is 4.79 Å². The highest BCUT2D eigenvalue weighted by Gasteiger charge is 2.44. The number of amides is 3. The molecule has 2 N–H and O–H groups in total. The summed E-state index contributed by atoms with van der Waals surface area (Å²) in [7, 11) is 1.24. The Bertz CT molecular complexity index is 1140. The number of esters is 1. The molecule has 1 saturated carbocycles. The second-order valence-electron chi connectivity index (χ2n) is 10.4. The normalized spacial score (nSPS) is 14.6. The third-order valence-electron chi connectivity index (χ3n) is 6.11. The highest BCUT2D eigenvalue weighted by Crippen LogP contribution is 2.36. The largest absolute Gasteiger partial charge is 0.468 e. The van der Waals surface area contributed by atoms with Crippen LogP contribution >= 0.6 is 0 Å². The van der Waals surface area contributed by atoms with Crippen LogP contribution < -0.4 is 10.6 Å². The van der Waals surface area contributed by atoms with Crippen molar-refractivity contribution in [2.75, 3.05) is 13.7 Å². The van der Waals surface area contributed by atoms with E-state index >= 15 is 0 Å². The first kappa shape index (κ1) is 28.7. The summed E-state index contributed by atoms with van der Waals surface area (Å²) in [5.74, 6) is -1.50. The molecule has 9 heteroatoms. The number of aryl methyl sites for hydroxylation is 1. The minimum absolute atomic E-state index is 0.185. The van der Waals surface area contributed by atoms with Gasteiger partial charge in [-0.1, -0.05) is 54.6 Å². The number of hydrogen-bond acceptors (Lipinski definition) is 6. The van der Waals surface area contributed by atoms with Crippen LogP contribution in [0, 0.1) is 6.92 Å². The van der Waals surface area contributed by atoms with E-state index in [2.05, 4.69) is 15.4 Å². The molecule has 38 heavy (non-hydrogen) atoms. The molecule has 0 spiro atoms. The summed E-state index contributed by atoms with van der Waals surface area (Å²) in [6.07, 6.45) is 0.947. The summed E-state index contributed by atoms with van der Waals surface area (Å²) in [4.78, 5) is 53.9. The maximum absolute atomic E-state index is 14.2. The van der Waals surface area contributed by atoms with Crippen LogP contribution in [-0.2, 0) is 30.3 Å². The van der Waals surface area contributed by atoms with E-state index in [0.29, 0.717) is 5.56 Å². The molecule has 3 amide bonds. The number of alkyl carbamates (subject to hydrolysis) is 1.